The molecule has 0 aliphatic carbocycles. The van der Waals surface area contributed by atoms with Crippen molar-refractivity contribution in [3.8, 4) is 6.07 Å². The number of nitriles is 1. The summed E-state index contributed by atoms with van der Waals surface area (Å²) in [4.78, 5) is 7.40. The van der Waals surface area contributed by atoms with Crippen molar-refractivity contribution in [3.63, 3.8) is 0 Å². The van der Waals surface area contributed by atoms with Gasteiger partial charge in [-0.1, -0.05) is 30.3 Å². The SMILES string of the molecule is N#C[C@@]1(c2nc3ccccc3s2)Cc2ccccc2N2CCCC[C@H]21. The van der Waals surface area contributed by atoms with Crippen molar-refractivity contribution >= 4 is 27.2 Å². The highest BCUT2D eigenvalue weighted by Gasteiger charge is 2.50. The molecule has 0 unspecified atom stereocenters. The number of anilines is 1. The highest BCUT2D eigenvalue weighted by molar-refractivity contribution is 7.18. The van der Waals surface area contributed by atoms with Crippen LogP contribution in [-0.4, -0.2) is 17.6 Å². The number of hydrogen-bond donors (Lipinski definition) is 0. The molecule has 2 atom stereocenters. The summed E-state index contributed by atoms with van der Waals surface area (Å²) in [7, 11) is 0. The molecule has 3 aromatic rings. The van der Waals surface area contributed by atoms with Crippen LogP contribution < -0.4 is 4.90 Å². The van der Waals surface area contributed by atoms with Gasteiger partial charge in [0.1, 0.15) is 10.4 Å². The molecule has 0 saturated carbocycles. The number of hydrogen-bond acceptors (Lipinski definition) is 4. The quantitative estimate of drug-likeness (QED) is 0.643. The van der Waals surface area contributed by atoms with Crippen molar-refractivity contribution < 1.29 is 0 Å². The van der Waals surface area contributed by atoms with Gasteiger partial charge in [-0.05, 0) is 43.0 Å². The molecule has 2 aromatic carbocycles. The molecule has 3 nitrogen and oxygen atoms in total. The van der Waals surface area contributed by atoms with E-state index >= 15 is 0 Å². The maximum absolute atomic E-state index is 10.4. The zero-order valence-electron chi connectivity index (χ0n) is 14.0. The molecular formula is C21H19N3S. The predicted molar refractivity (Wildman–Crippen MR) is 102 cm³/mol. The van der Waals surface area contributed by atoms with E-state index in [2.05, 4.69) is 47.4 Å². The lowest BCUT2D eigenvalue weighted by molar-refractivity contribution is 0.324. The van der Waals surface area contributed by atoms with Crippen LogP contribution in [0.1, 0.15) is 29.8 Å². The Labute approximate surface area is 151 Å². The van der Waals surface area contributed by atoms with Gasteiger partial charge in [-0.15, -0.1) is 11.3 Å². The largest absolute Gasteiger partial charge is 0.366 e. The number of aromatic nitrogens is 1. The standard InChI is InChI=1S/C21H19N3S/c22-14-21(20-23-16-8-2-4-10-18(16)25-20)13-15-7-1-3-9-17(15)24-12-6-5-11-19(21)24/h1-4,7-10,19H,5-6,11-13H2/t19-,21-/m0/s1. The first-order valence-electron chi connectivity index (χ1n) is 8.94. The Morgan fingerprint density at radius 2 is 1.96 bits per heavy atom. The number of thiazole rings is 1. The molecule has 0 radical (unpaired) electrons. The van der Waals surface area contributed by atoms with E-state index in [9.17, 15) is 5.26 Å². The Hall–Kier alpha value is -2.38. The van der Waals surface area contributed by atoms with Crippen LogP contribution in [0.5, 0.6) is 0 Å². The van der Waals surface area contributed by atoms with Crippen molar-refractivity contribution in [1.82, 2.24) is 4.98 Å². The van der Waals surface area contributed by atoms with Gasteiger partial charge in [0.15, 0.2) is 0 Å². The Kier molecular flexibility index (Phi) is 3.33. The predicted octanol–water partition coefficient (Wildman–Crippen LogP) is 4.67. The van der Waals surface area contributed by atoms with Crippen LogP contribution in [0.4, 0.5) is 5.69 Å². The maximum atomic E-state index is 10.4. The number of nitrogens with zero attached hydrogens (tertiary/aromatic N) is 3. The molecule has 2 aliphatic heterocycles. The zero-order chi connectivity index (χ0) is 16.9. The molecule has 5 rings (SSSR count). The van der Waals surface area contributed by atoms with Crippen molar-refractivity contribution in [2.75, 3.05) is 11.4 Å². The fourth-order valence-electron chi connectivity index (χ4n) is 4.53. The molecule has 0 N–H and O–H groups in total. The van der Waals surface area contributed by atoms with E-state index in [0.29, 0.717) is 0 Å². The van der Waals surface area contributed by atoms with Crippen molar-refractivity contribution in [1.29, 1.82) is 5.26 Å². The Bertz CT molecular complexity index is 953. The van der Waals surface area contributed by atoms with Crippen LogP contribution in [0.15, 0.2) is 48.5 Å². The second-order valence-electron chi connectivity index (χ2n) is 7.08. The molecule has 2 aliphatic rings. The van der Waals surface area contributed by atoms with Crippen molar-refractivity contribution in [3.05, 3.63) is 59.1 Å². The van der Waals surface area contributed by atoms with Crippen molar-refractivity contribution in [2.45, 2.75) is 37.1 Å². The van der Waals surface area contributed by atoms with Gasteiger partial charge in [-0.3, -0.25) is 0 Å². The van der Waals surface area contributed by atoms with Gasteiger partial charge in [0, 0.05) is 18.7 Å². The molecule has 1 fully saturated rings. The Balaban J connectivity index is 1.73. The smallest absolute Gasteiger partial charge is 0.133 e. The van der Waals surface area contributed by atoms with E-state index in [1.54, 1.807) is 11.3 Å². The van der Waals surface area contributed by atoms with Gasteiger partial charge in [0.25, 0.3) is 0 Å². The van der Waals surface area contributed by atoms with Gasteiger partial charge in [0.05, 0.1) is 22.3 Å². The normalized spacial score (nSPS) is 25.2. The third-order valence-corrected chi connectivity index (χ3v) is 6.93. The molecule has 1 aromatic heterocycles. The number of fused-ring (bicyclic) bond motifs is 4. The van der Waals surface area contributed by atoms with E-state index < -0.39 is 5.41 Å². The minimum absolute atomic E-state index is 0.224. The Morgan fingerprint density at radius 3 is 2.84 bits per heavy atom. The van der Waals surface area contributed by atoms with Gasteiger partial charge in [-0.2, -0.15) is 5.26 Å². The lowest BCUT2D eigenvalue weighted by Gasteiger charge is -2.49. The second-order valence-corrected chi connectivity index (χ2v) is 8.11. The summed E-state index contributed by atoms with van der Waals surface area (Å²) in [5.74, 6) is 0. The van der Waals surface area contributed by atoms with E-state index in [4.69, 9.17) is 4.98 Å². The summed E-state index contributed by atoms with van der Waals surface area (Å²) in [5, 5.41) is 11.4. The first kappa shape index (κ1) is 14.9. The number of benzene rings is 2. The van der Waals surface area contributed by atoms with Crippen LogP contribution in [0.2, 0.25) is 0 Å². The molecule has 124 valence electrons. The van der Waals surface area contributed by atoms with Gasteiger partial charge < -0.3 is 4.90 Å². The highest BCUT2D eigenvalue weighted by Crippen LogP contribution is 2.48. The monoisotopic (exact) mass is 345 g/mol. The third kappa shape index (κ3) is 2.12. The summed E-state index contributed by atoms with van der Waals surface area (Å²) in [6.45, 7) is 1.04. The number of rotatable bonds is 1. The minimum atomic E-state index is -0.543. The molecular weight excluding hydrogens is 326 g/mol. The first-order chi connectivity index (χ1) is 12.3. The average Bonchev–Trinajstić information content (AvgIpc) is 3.12. The molecule has 0 amide bonds. The van der Waals surface area contributed by atoms with Crippen LogP contribution in [-0.2, 0) is 11.8 Å². The summed E-state index contributed by atoms with van der Waals surface area (Å²) >= 11 is 1.70. The maximum Gasteiger partial charge on any atom is 0.133 e. The molecule has 3 heterocycles. The molecule has 0 bridgehead atoms. The summed E-state index contributed by atoms with van der Waals surface area (Å²) < 4.78 is 1.17. The summed E-state index contributed by atoms with van der Waals surface area (Å²) in [6.07, 6.45) is 4.22. The van der Waals surface area contributed by atoms with Crippen LogP contribution in [0, 0.1) is 11.3 Å². The highest BCUT2D eigenvalue weighted by atomic mass is 32.1. The lowest BCUT2D eigenvalue weighted by Crippen LogP contribution is -2.56. The van der Waals surface area contributed by atoms with Crippen molar-refractivity contribution in [2.24, 2.45) is 0 Å². The fraction of sp³-hybridized carbons (Fsp3) is 0.333. The third-order valence-electron chi connectivity index (χ3n) is 5.72. The lowest BCUT2D eigenvalue weighted by atomic mass is 9.69. The molecule has 4 heteroatoms. The molecule has 0 spiro atoms. The van der Waals surface area contributed by atoms with E-state index in [1.807, 2.05) is 12.1 Å². The molecule has 25 heavy (non-hydrogen) atoms. The van der Waals surface area contributed by atoms with Gasteiger partial charge in [-0.25, -0.2) is 4.98 Å². The zero-order valence-corrected chi connectivity index (χ0v) is 14.8. The van der Waals surface area contributed by atoms with E-state index in [-0.39, 0.29) is 6.04 Å². The van der Waals surface area contributed by atoms with Gasteiger partial charge in [0.2, 0.25) is 0 Å². The number of para-hydroxylation sites is 2. The topological polar surface area (TPSA) is 39.9 Å². The summed E-state index contributed by atoms with van der Waals surface area (Å²) in [6, 6.07) is 19.8. The van der Waals surface area contributed by atoms with Gasteiger partial charge >= 0.3 is 0 Å². The van der Waals surface area contributed by atoms with E-state index in [0.717, 1.165) is 29.9 Å². The number of piperidine rings is 1. The summed E-state index contributed by atoms with van der Waals surface area (Å²) in [5.41, 5.74) is 3.07. The Morgan fingerprint density at radius 1 is 1.12 bits per heavy atom. The average molecular weight is 345 g/mol. The van der Waals surface area contributed by atoms with E-state index in [1.165, 1.54) is 28.8 Å². The van der Waals surface area contributed by atoms with Crippen LogP contribution in [0.25, 0.3) is 10.2 Å². The minimum Gasteiger partial charge on any atom is -0.366 e. The van der Waals surface area contributed by atoms with Crippen LogP contribution in [0.3, 0.4) is 0 Å². The first-order valence-corrected chi connectivity index (χ1v) is 9.75. The molecule has 1 saturated heterocycles. The fourth-order valence-corrected chi connectivity index (χ4v) is 5.69. The second kappa shape index (κ2) is 5.57. The van der Waals surface area contributed by atoms with Crippen LogP contribution >= 0.6 is 11.3 Å².